The van der Waals surface area contributed by atoms with Gasteiger partial charge in [-0.05, 0) is 18.6 Å². The standard InChI is InChI=1S/C22H37NO2/c1-2-3-4-5-6-7-8-9-10-11-12-17-22(24-18-19-25-22)20-13-15-21(23)16-14-20/h13-16H,2-12,17-19,23H2,1H3. The summed E-state index contributed by atoms with van der Waals surface area (Å²) in [5.41, 5.74) is 7.69. The number of hydrogen-bond donors (Lipinski definition) is 1. The monoisotopic (exact) mass is 347 g/mol. The van der Waals surface area contributed by atoms with E-state index in [4.69, 9.17) is 15.2 Å². The summed E-state index contributed by atoms with van der Waals surface area (Å²) in [6.07, 6.45) is 15.8. The Hall–Kier alpha value is -1.06. The van der Waals surface area contributed by atoms with Crippen molar-refractivity contribution in [2.24, 2.45) is 0 Å². The van der Waals surface area contributed by atoms with E-state index >= 15 is 0 Å². The predicted molar refractivity (Wildman–Crippen MR) is 106 cm³/mol. The minimum absolute atomic E-state index is 0.535. The second kappa shape index (κ2) is 11.5. The van der Waals surface area contributed by atoms with Gasteiger partial charge in [0.05, 0.1) is 13.2 Å². The lowest BCUT2D eigenvalue weighted by Crippen LogP contribution is -2.27. The molecule has 0 aromatic heterocycles. The van der Waals surface area contributed by atoms with E-state index in [9.17, 15) is 0 Å². The zero-order valence-electron chi connectivity index (χ0n) is 16.1. The predicted octanol–water partition coefficient (Wildman–Crippen LogP) is 6.17. The fourth-order valence-electron chi connectivity index (χ4n) is 3.67. The summed E-state index contributed by atoms with van der Waals surface area (Å²) < 4.78 is 12.0. The van der Waals surface area contributed by atoms with E-state index in [1.807, 2.05) is 24.3 Å². The van der Waals surface area contributed by atoms with E-state index in [-0.39, 0.29) is 0 Å². The number of anilines is 1. The smallest absolute Gasteiger partial charge is 0.194 e. The van der Waals surface area contributed by atoms with E-state index in [0.29, 0.717) is 13.2 Å². The van der Waals surface area contributed by atoms with Gasteiger partial charge in [0.2, 0.25) is 0 Å². The lowest BCUT2D eigenvalue weighted by molar-refractivity contribution is -0.171. The number of hydrogen-bond acceptors (Lipinski definition) is 3. The van der Waals surface area contributed by atoms with Gasteiger partial charge >= 0.3 is 0 Å². The summed E-state index contributed by atoms with van der Waals surface area (Å²) in [6.45, 7) is 3.64. The first-order valence-corrected chi connectivity index (χ1v) is 10.4. The molecule has 1 heterocycles. The van der Waals surface area contributed by atoms with Gasteiger partial charge in [-0.25, -0.2) is 0 Å². The maximum atomic E-state index is 6.00. The summed E-state index contributed by atoms with van der Waals surface area (Å²) in [6, 6.07) is 7.95. The van der Waals surface area contributed by atoms with E-state index < -0.39 is 5.79 Å². The Morgan fingerprint density at radius 1 is 0.760 bits per heavy atom. The molecule has 0 aliphatic carbocycles. The highest BCUT2D eigenvalue weighted by Gasteiger charge is 2.37. The molecule has 142 valence electrons. The highest BCUT2D eigenvalue weighted by molar-refractivity contribution is 5.40. The van der Waals surface area contributed by atoms with Crippen LogP contribution < -0.4 is 5.73 Å². The minimum atomic E-state index is -0.535. The maximum Gasteiger partial charge on any atom is 0.194 e. The molecule has 25 heavy (non-hydrogen) atoms. The summed E-state index contributed by atoms with van der Waals surface area (Å²) in [7, 11) is 0. The first kappa shape index (κ1) is 20.3. The van der Waals surface area contributed by atoms with Crippen LogP contribution >= 0.6 is 0 Å². The van der Waals surface area contributed by atoms with Crippen molar-refractivity contribution in [3.8, 4) is 0 Å². The number of unbranched alkanes of at least 4 members (excludes halogenated alkanes) is 10. The third-order valence-corrected chi connectivity index (χ3v) is 5.21. The van der Waals surface area contributed by atoms with Crippen LogP contribution in [-0.4, -0.2) is 13.2 Å². The number of nitrogen functional groups attached to an aromatic ring is 1. The SMILES string of the molecule is CCCCCCCCCCCCCC1(c2ccc(N)cc2)OCCO1. The van der Waals surface area contributed by atoms with Crippen molar-refractivity contribution in [2.75, 3.05) is 18.9 Å². The molecule has 3 nitrogen and oxygen atoms in total. The number of benzene rings is 1. The molecule has 1 fully saturated rings. The minimum Gasteiger partial charge on any atom is -0.399 e. The zero-order chi connectivity index (χ0) is 17.8. The van der Waals surface area contributed by atoms with Crippen molar-refractivity contribution in [3.63, 3.8) is 0 Å². The van der Waals surface area contributed by atoms with Crippen LogP contribution in [0, 0.1) is 0 Å². The van der Waals surface area contributed by atoms with Crippen LogP contribution in [0.1, 0.15) is 89.5 Å². The lowest BCUT2D eigenvalue weighted by atomic mass is 9.98. The Labute approximate surface area is 154 Å². The quantitative estimate of drug-likeness (QED) is 0.343. The molecule has 1 aromatic rings. The van der Waals surface area contributed by atoms with Crippen molar-refractivity contribution < 1.29 is 9.47 Å². The fourth-order valence-corrected chi connectivity index (χ4v) is 3.67. The fraction of sp³-hybridized carbons (Fsp3) is 0.727. The van der Waals surface area contributed by atoms with Gasteiger partial charge < -0.3 is 15.2 Å². The molecule has 0 bridgehead atoms. The summed E-state index contributed by atoms with van der Waals surface area (Å²) in [4.78, 5) is 0. The van der Waals surface area contributed by atoms with Gasteiger partial charge in [-0.15, -0.1) is 0 Å². The van der Waals surface area contributed by atoms with Crippen molar-refractivity contribution in [2.45, 2.75) is 89.8 Å². The summed E-state index contributed by atoms with van der Waals surface area (Å²) in [5.74, 6) is -0.535. The van der Waals surface area contributed by atoms with Crippen LogP contribution in [0.25, 0.3) is 0 Å². The molecule has 1 saturated heterocycles. The van der Waals surface area contributed by atoms with Gasteiger partial charge in [-0.2, -0.15) is 0 Å². The van der Waals surface area contributed by atoms with Gasteiger partial charge in [-0.1, -0.05) is 83.3 Å². The second-order valence-corrected chi connectivity index (χ2v) is 7.36. The average Bonchev–Trinajstić information content (AvgIpc) is 3.10. The average molecular weight is 348 g/mol. The van der Waals surface area contributed by atoms with E-state index in [0.717, 1.165) is 24.1 Å². The van der Waals surface area contributed by atoms with Crippen LogP contribution in [0.15, 0.2) is 24.3 Å². The molecule has 0 unspecified atom stereocenters. The molecule has 0 atom stereocenters. The number of rotatable bonds is 13. The van der Waals surface area contributed by atoms with Crippen molar-refractivity contribution >= 4 is 5.69 Å². The molecule has 1 aliphatic rings. The number of ether oxygens (including phenoxy) is 2. The second-order valence-electron chi connectivity index (χ2n) is 7.36. The maximum absolute atomic E-state index is 6.00. The first-order chi connectivity index (χ1) is 12.3. The Balaban J connectivity index is 1.59. The van der Waals surface area contributed by atoms with Gasteiger partial charge in [0.15, 0.2) is 5.79 Å². The molecule has 3 heteroatoms. The molecule has 2 rings (SSSR count). The van der Waals surface area contributed by atoms with Crippen LogP contribution in [0.3, 0.4) is 0 Å². The van der Waals surface area contributed by atoms with Gasteiger partial charge in [0.1, 0.15) is 0 Å². The molecule has 2 N–H and O–H groups in total. The first-order valence-electron chi connectivity index (χ1n) is 10.4. The van der Waals surface area contributed by atoms with E-state index in [2.05, 4.69) is 6.92 Å². The van der Waals surface area contributed by atoms with Crippen molar-refractivity contribution in [1.82, 2.24) is 0 Å². The summed E-state index contributed by atoms with van der Waals surface area (Å²) >= 11 is 0. The molecule has 0 spiro atoms. The molecule has 1 aromatic carbocycles. The van der Waals surface area contributed by atoms with Gasteiger partial charge in [0, 0.05) is 17.7 Å². The summed E-state index contributed by atoms with van der Waals surface area (Å²) in [5, 5.41) is 0. The Morgan fingerprint density at radius 2 is 1.24 bits per heavy atom. The molecule has 0 amide bonds. The van der Waals surface area contributed by atoms with Crippen LogP contribution in [0.2, 0.25) is 0 Å². The lowest BCUT2D eigenvalue weighted by Gasteiger charge is -2.28. The Morgan fingerprint density at radius 3 is 1.76 bits per heavy atom. The molecule has 0 radical (unpaired) electrons. The van der Waals surface area contributed by atoms with Crippen molar-refractivity contribution in [3.05, 3.63) is 29.8 Å². The van der Waals surface area contributed by atoms with Crippen LogP contribution in [0.5, 0.6) is 0 Å². The largest absolute Gasteiger partial charge is 0.399 e. The van der Waals surface area contributed by atoms with Crippen LogP contribution in [0.4, 0.5) is 5.69 Å². The van der Waals surface area contributed by atoms with Gasteiger partial charge in [0.25, 0.3) is 0 Å². The molecular formula is C22H37NO2. The zero-order valence-corrected chi connectivity index (χ0v) is 16.1. The Bertz CT molecular complexity index is 452. The molecule has 1 aliphatic heterocycles. The molecular weight excluding hydrogens is 310 g/mol. The third-order valence-electron chi connectivity index (χ3n) is 5.21. The highest BCUT2D eigenvalue weighted by atomic mass is 16.7. The highest BCUT2D eigenvalue weighted by Crippen LogP contribution is 2.36. The van der Waals surface area contributed by atoms with Crippen molar-refractivity contribution in [1.29, 1.82) is 0 Å². The normalized spacial score (nSPS) is 16.4. The topological polar surface area (TPSA) is 44.5 Å². The Kier molecular flexibility index (Phi) is 9.35. The van der Waals surface area contributed by atoms with Gasteiger partial charge in [-0.3, -0.25) is 0 Å². The number of nitrogens with two attached hydrogens (primary N) is 1. The third kappa shape index (κ3) is 6.99. The molecule has 0 saturated carbocycles. The van der Waals surface area contributed by atoms with Crippen LogP contribution in [-0.2, 0) is 15.3 Å². The van der Waals surface area contributed by atoms with E-state index in [1.165, 1.54) is 64.2 Å². The van der Waals surface area contributed by atoms with E-state index in [1.54, 1.807) is 0 Å².